The topological polar surface area (TPSA) is 46.3 Å². The summed E-state index contributed by atoms with van der Waals surface area (Å²) >= 11 is 0. The highest BCUT2D eigenvalue weighted by Gasteiger charge is 2.28. The molecule has 0 aromatic carbocycles. The van der Waals surface area contributed by atoms with Crippen LogP contribution in [0.3, 0.4) is 0 Å². The zero-order valence-electron chi connectivity index (χ0n) is 9.49. The Hall–Kier alpha value is -0.570. The fraction of sp³-hybridized carbons (Fsp3) is 0.909. The van der Waals surface area contributed by atoms with Crippen LogP contribution in [0, 0.1) is 5.92 Å². The summed E-state index contributed by atoms with van der Waals surface area (Å²) in [6.45, 7) is 3.88. The van der Waals surface area contributed by atoms with Gasteiger partial charge in [-0.15, -0.1) is 0 Å². The molecule has 0 spiro atoms. The second-order valence-electron chi connectivity index (χ2n) is 4.62. The van der Waals surface area contributed by atoms with Gasteiger partial charge in [0.2, 0.25) is 5.91 Å². The Morgan fingerprint density at radius 2 is 1.93 bits per heavy atom. The van der Waals surface area contributed by atoms with E-state index in [9.17, 15) is 4.79 Å². The number of rotatable bonds is 2. The Bertz CT molecular complexity index is 203. The maximum atomic E-state index is 11.8. The standard InChI is InChI=1S/C11H22N2O/c1-8(2)11(14)13(3)10-7-5-4-6-9(10)12/h8-10H,4-7,12H2,1-3H3. The zero-order valence-corrected chi connectivity index (χ0v) is 9.49. The number of amides is 1. The molecule has 0 bridgehead atoms. The first kappa shape index (κ1) is 11.5. The third kappa shape index (κ3) is 2.47. The van der Waals surface area contributed by atoms with Gasteiger partial charge in [-0.3, -0.25) is 4.79 Å². The lowest BCUT2D eigenvalue weighted by Crippen LogP contribution is -2.51. The molecule has 3 nitrogen and oxygen atoms in total. The van der Waals surface area contributed by atoms with Crippen molar-refractivity contribution in [3.05, 3.63) is 0 Å². The lowest BCUT2D eigenvalue weighted by atomic mass is 9.89. The van der Waals surface area contributed by atoms with E-state index in [-0.39, 0.29) is 23.9 Å². The molecule has 0 radical (unpaired) electrons. The molecule has 2 unspecified atom stereocenters. The lowest BCUT2D eigenvalue weighted by molar-refractivity contribution is -0.136. The van der Waals surface area contributed by atoms with Crippen molar-refractivity contribution in [2.24, 2.45) is 11.7 Å². The molecule has 2 atom stereocenters. The molecule has 0 aromatic rings. The van der Waals surface area contributed by atoms with E-state index in [1.807, 2.05) is 25.8 Å². The van der Waals surface area contributed by atoms with Crippen molar-refractivity contribution in [3.63, 3.8) is 0 Å². The highest BCUT2D eigenvalue weighted by atomic mass is 16.2. The Morgan fingerprint density at radius 3 is 2.43 bits per heavy atom. The van der Waals surface area contributed by atoms with Crippen molar-refractivity contribution in [3.8, 4) is 0 Å². The van der Waals surface area contributed by atoms with Crippen LogP contribution in [-0.4, -0.2) is 29.9 Å². The molecular formula is C11H22N2O. The van der Waals surface area contributed by atoms with E-state index in [2.05, 4.69) is 0 Å². The molecule has 3 heteroatoms. The van der Waals surface area contributed by atoms with E-state index in [4.69, 9.17) is 5.73 Å². The van der Waals surface area contributed by atoms with Gasteiger partial charge in [0.15, 0.2) is 0 Å². The summed E-state index contributed by atoms with van der Waals surface area (Å²) in [5.41, 5.74) is 6.02. The second-order valence-corrected chi connectivity index (χ2v) is 4.62. The van der Waals surface area contributed by atoms with Gasteiger partial charge in [0.05, 0.1) is 0 Å². The number of nitrogens with zero attached hydrogens (tertiary/aromatic N) is 1. The normalized spacial score (nSPS) is 27.8. The molecule has 0 aromatic heterocycles. The first-order valence-electron chi connectivity index (χ1n) is 5.56. The van der Waals surface area contributed by atoms with E-state index < -0.39 is 0 Å². The predicted octanol–water partition coefficient (Wildman–Crippen LogP) is 1.37. The van der Waals surface area contributed by atoms with E-state index in [1.165, 1.54) is 12.8 Å². The molecule has 1 fully saturated rings. The van der Waals surface area contributed by atoms with Crippen LogP contribution in [0.2, 0.25) is 0 Å². The first-order chi connectivity index (χ1) is 6.54. The van der Waals surface area contributed by atoms with Crippen LogP contribution in [0.15, 0.2) is 0 Å². The van der Waals surface area contributed by atoms with Gasteiger partial charge in [-0.2, -0.15) is 0 Å². The van der Waals surface area contributed by atoms with Gasteiger partial charge in [-0.1, -0.05) is 26.7 Å². The summed E-state index contributed by atoms with van der Waals surface area (Å²) in [5.74, 6) is 0.293. The Labute approximate surface area is 86.6 Å². The quantitative estimate of drug-likeness (QED) is 0.728. The molecule has 1 saturated carbocycles. The van der Waals surface area contributed by atoms with Crippen molar-refractivity contribution in [2.75, 3.05) is 7.05 Å². The Morgan fingerprint density at radius 1 is 1.36 bits per heavy atom. The summed E-state index contributed by atoms with van der Waals surface area (Å²) in [6, 6.07) is 0.440. The number of likely N-dealkylation sites (N-methyl/N-ethyl adjacent to an activating group) is 1. The molecule has 0 aliphatic heterocycles. The number of hydrogen-bond acceptors (Lipinski definition) is 2. The van der Waals surface area contributed by atoms with Crippen molar-refractivity contribution < 1.29 is 4.79 Å². The highest BCUT2D eigenvalue weighted by Crippen LogP contribution is 2.21. The molecule has 2 N–H and O–H groups in total. The van der Waals surface area contributed by atoms with Crippen LogP contribution in [-0.2, 0) is 4.79 Å². The Balaban J connectivity index is 2.57. The average molecular weight is 198 g/mol. The first-order valence-corrected chi connectivity index (χ1v) is 5.56. The predicted molar refractivity (Wildman–Crippen MR) is 57.8 cm³/mol. The molecule has 0 heterocycles. The van der Waals surface area contributed by atoms with E-state index in [1.54, 1.807) is 0 Å². The van der Waals surface area contributed by atoms with E-state index in [0.29, 0.717) is 0 Å². The van der Waals surface area contributed by atoms with Crippen molar-refractivity contribution in [1.29, 1.82) is 0 Å². The zero-order chi connectivity index (χ0) is 10.7. The fourth-order valence-corrected chi connectivity index (χ4v) is 2.19. The molecule has 14 heavy (non-hydrogen) atoms. The van der Waals surface area contributed by atoms with Gasteiger partial charge < -0.3 is 10.6 Å². The number of nitrogens with two attached hydrogens (primary N) is 1. The van der Waals surface area contributed by atoms with Crippen LogP contribution in [0.1, 0.15) is 39.5 Å². The minimum Gasteiger partial charge on any atom is -0.341 e. The van der Waals surface area contributed by atoms with E-state index in [0.717, 1.165) is 12.8 Å². The highest BCUT2D eigenvalue weighted by molar-refractivity contribution is 5.78. The molecular weight excluding hydrogens is 176 g/mol. The van der Waals surface area contributed by atoms with Crippen LogP contribution >= 0.6 is 0 Å². The minimum absolute atomic E-state index is 0.0779. The number of carbonyl (C=O) groups excluding carboxylic acids is 1. The van der Waals surface area contributed by atoms with Gasteiger partial charge in [-0.05, 0) is 12.8 Å². The summed E-state index contributed by atoms with van der Waals surface area (Å²) in [6.07, 6.45) is 4.53. The van der Waals surface area contributed by atoms with Gasteiger partial charge in [0.1, 0.15) is 0 Å². The summed E-state index contributed by atoms with van der Waals surface area (Å²) < 4.78 is 0. The average Bonchev–Trinajstić information content (AvgIpc) is 2.16. The van der Waals surface area contributed by atoms with Crippen molar-refractivity contribution >= 4 is 5.91 Å². The van der Waals surface area contributed by atoms with Crippen LogP contribution in [0.4, 0.5) is 0 Å². The third-order valence-electron chi connectivity index (χ3n) is 3.12. The van der Waals surface area contributed by atoms with Crippen molar-refractivity contribution in [1.82, 2.24) is 4.90 Å². The summed E-state index contributed by atoms with van der Waals surface area (Å²) in [5, 5.41) is 0. The fourth-order valence-electron chi connectivity index (χ4n) is 2.19. The molecule has 1 amide bonds. The third-order valence-corrected chi connectivity index (χ3v) is 3.12. The van der Waals surface area contributed by atoms with Gasteiger partial charge in [-0.25, -0.2) is 0 Å². The van der Waals surface area contributed by atoms with E-state index >= 15 is 0 Å². The SMILES string of the molecule is CC(C)C(=O)N(C)C1CCCCC1N. The molecule has 1 rings (SSSR count). The van der Waals surface area contributed by atoms with Gasteiger partial charge in [0.25, 0.3) is 0 Å². The number of carbonyl (C=O) groups is 1. The second kappa shape index (κ2) is 4.78. The summed E-state index contributed by atoms with van der Waals surface area (Å²) in [7, 11) is 1.89. The molecule has 1 aliphatic rings. The molecule has 0 saturated heterocycles. The molecule has 1 aliphatic carbocycles. The maximum absolute atomic E-state index is 11.8. The number of hydrogen-bond donors (Lipinski definition) is 1. The van der Waals surface area contributed by atoms with Crippen molar-refractivity contribution in [2.45, 2.75) is 51.6 Å². The largest absolute Gasteiger partial charge is 0.341 e. The Kier molecular flexibility index (Phi) is 3.93. The van der Waals surface area contributed by atoms with Crippen LogP contribution in [0.5, 0.6) is 0 Å². The maximum Gasteiger partial charge on any atom is 0.225 e. The van der Waals surface area contributed by atoms with Crippen LogP contribution in [0.25, 0.3) is 0 Å². The lowest BCUT2D eigenvalue weighted by Gasteiger charge is -2.36. The van der Waals surface area contributed by atoms with Gasteiger partial charge >= 0.3 is 0 Å². The molecule has 82 valence electrons. The minimum atomic E-state index is 0.0779. The monoisotopic (exact) mass is 198 g/mol. The van der Waals surface area contributed by atoms with Gasteiger partial charge in [0, 0.05) is 25.0 Å². The summed E-state index contributed by atoms with van der Waals surface area (Å²) in [4.78, 5) is 13.6. The van der Waals surface area contributed by atoms with Crippen LogP contribution < -0.4 is 5.73 Å². The smallest absolute Gasteiger partial charge is 0.225 e.